The molecule has 0 aromatic heterocycles. The molecule has 1 N–H and O–H groups in total. The van der Waals surface area contributed by atoms with E-state index in [9.17, 15) is 4.79 Å². The molecule has 112 valence electrons. The first-order chi connectivity index (χ1) is 9.62. The molecule has 0 fully saturated rings. The Morgan fingerprint density at radius 1 is 1.10 bits per heavy atom. The van der Waals surface area contributed by atoms with Crippen molar-refractivity contribution in [1.82, 2.24) is 5.32 Å². The van der Waals surface area contributed by atoms with Crippen LogP contribution in [0.3, 0.4) is 0 Å². The quantitative estimate of drug-likeness (QED) is 0.796. The lowest BCUT2D eigenvalue weighted by atomic mass is 10.1. The van der Waals surface area contributed by atoms with Crippen LogP contribution in [0.2, 0.25) is 0 Å². The molecule has 0 aliphatic carbocycles. The van der Waals surface area contributed by atoms with E-state index >= 15 is 0 Å². The van der Waals surface area contributed by atoms with E-state index in [1.807, 2.05) is 18.2 Å². The minimum atomic E-state index is 0.0977. The Balaban J connectivity index is 2.58. The molecule has 0 spiro atoms. The second-order valence-corrected chi connectivity index (χ2v) is 4.80. The predicted molar refractivity (Wildman–Crippen MR) is 80.4 cm³/mol. The number of ether oxygens (including phenoxy) is 2. The van der Waals surface area contributed by atoms with E-state index in [2.05, 4.69) is 19.2 Å². The summed E-state index contributed by atoms with van der Waals surface area (Å²) in [5, 5.41) is 3.04. The Labute approximate surface area is 121 Å². The Morgan fingerprint density at radius 3 is 2.10 bits per heavy atom. The van der Waals surface area contributed by atoms with Crippen LogP contribution in [0, 0.1) is 0 Å². The van der Waals surface area contributed by atoms with E-state index in [1.54, 1.807) is 14.2 Å². The van der Waals surface area contributed by atoms with Crippen molar-refractivity contribution >= 4 is 5.91 Å². The van der Waals surface area contributed by atoms with Crippen LogP contribution in [0.1, 0.15) is 38.7 Å². The van der Waals surface area contributed by atoms with E-state index in [1.165, 1.54) is 0 Å². The first-order valence-corrected chi connectivity index (χ1v) is 7.14. The van der Waals surface area contributed by atoms with Crippen LogP contribution in [0.5, 0.6) is 11.5 Å². The molecule has 0 aliphatic rings. The Bertz CT molecular complexity index is 405. The topological polar surface area (TPSA) is 47.6 Å². The number of hydrogen-bond acceptors (Lipinski definition) is 3. The van der Waals surface area contributed by atoms with Crippen molar-refractivity contribution in [3.63, 3.8) is 0 Å². The first-order valence-electron chi connectivity index (χ1n) is 7.14. The monoisotopic (exact) mass is 279 g/mol. The van der Waals surface area contributed by atoms with Crippen LogP contribution >= 0.6 is 0 Å². The average molecular weight is 279 g/mol. The van der Waals surface area contributed by atoms with Crippen LogP contribution in [-0.4, -0.2) is 26.2 Å². The highest BCUT2D eigenvalue weighted by Crippen LogP contribution is 2.23. The zero-order chi connectivity index (χ0) is 15.0. The van der Waals surface area contributed by atoms with E-state index in [-0.39, 0.29) is 11.9 Å². The summed E-state index contributed by atoms with van der Waals surface area (Å²) >= 11 is 0. The Morgan fingerprint density at radius 2 is 1.65 bits per heavy atom. The third kappa shape index (κ3) is 5.11. The van der Waals surface area contributed by atoms with Gasteiger partial charge in [0.15, 0.2) is 0 Å². The van der Waals surface area contributed by atoms with Gasteiger partial charge in [-0.3, -0.25) is 4.79 Å². The average Bonchev–Trinajstić information content (AvgIpc) is 2.50. The number of hydrogen-bond donors (Lipinski definition) is 1. The van der Waals surface area contributed by atoms with Gasteiger partial charge in [0, 0.05) is 18.5 Å². The molecule has 0 heterocycles. The van der Waals surface area contributed by atoms with Crippen molar-refractivity contribution in [2.45, 2.75) is 45.6 Å². The van der Waals surface area contributed by atoms with Crippen LogP contribution in [0.15, 0.2) is 18.2 Å². The van der Waals surface area contributed by atoms with Gasteiger partial charge in [-0.1, -0.05) is 13.8 Å². The highest BCUT2D eigenvalue weighted by atomic mass is 16.5. The molecular weight excluding hydrogens is 254 g/mol. The van der Waals surface area contributed by atoms with Gasteiger partial charge in [-0.2, -0.15) is 0 Å². The molecule has 4 nitrogen and oxygen atoms in total. The number of methoxy groups -OCH3 is 2. The fourth-order valence-electron chi connectivity index (χ4n) is 2.06. The number of carbonyl (C=O) groups excluding carboxylic acids is 1. The number of carbonyl (C=O) groups is 1. The highest BCUT2D eigenvalue weighted by Gasteiger charge is 2.09. The van der Waals surface area contributed by atoms with Crippen molar-refractivity contribution in [1.29, 1.82) is 0 Å². The second kappa shape index (κ2) is 8.46. The zero-order valence-electron chi connectivity index (χ0n) is 12.9. The molecule has 0 radical (unpaired) electrons. The molecule has 0 unspecified atom stereocenters. The molecule has 0 saturated carbocycles. The minimum absolute atomic E-state index is 0.0977. The van der Waals surface area contributed by atoms with Crippen molar-refractivity contribution in [3.8, 4) is 11.5 Å². The van der Waals surface area contributed by atoms with Gasteiger partial charge < -0.3 is 14.8 Å². The molecule has 20 heavy (non-hydrogen) atoms. The van der Waals surface area contributed by atoms with Gasteiger partial charge in [0.2, 0.25) is 5.91 Å². The number of aryl methyl sites for hydroxylation is 1. The van der Waals surface area contributed by atoms with Crippen LogP contribution in [0.4, 0.5) is 0 Å². The summed E-state index contributed by atoms with van der Waals surface area (Å²) in [5.41, 5.74) is 1.04. The Kier molecular flexibility index (Phi) is 6.91. The smallest absolute Gasteiger partial charge is 0.220 e. The van der Waals surface area contributed by atoms with Gasteiger partial charge in [-0.25, -0.2) is 0 Å². The van der Waals surface area contributed by atoms with Gasteiger partial charge in [0.25, 0.3) is 0 Å². The number of nitrogens with one attached hydrogen (secondary N) is 1. The van der Waals surface area contributed by atoms with E-state index in [0.29, 0.717) is 12.8 Å². The zero-order valence-corrected chi connectivity index (χ0v) is 12.9. The van der Waals surface area contributed by atoms with E-state index in [0.717, 1.165) is 29.9 Å². The maximum absolute atomic E-state index is 11.9. The van der Waals surface area contributed by atoms with E-state index < -0.39 is 0 Å². The summed E-state index contributed by atoms with van der Waals surface area (Å²) in [6, 6.07) is 5.98. The SMILES string of the molecule is CCC(CC)NC(=O)CCc1cc(OC)cc(OC)c1. The predicted octanol–water partition coefficient (Wildman–Crippen LogP) is 2.94. The van der Waals surface area contributed by atoms with Gasteiger partial charge in [-0.05, 0) is 37.0 Å². The van der Waals surface area contributed by atoms with Gasteiger partial charge >= 0.3 is 0 Å². The minimum Gasteiger partial charge on any atom is -0.497 e. The molecule has 0 atom stereocenters. The summed E-state index contributed by atoms with van der Waals surface area (Å²) in [5.74, 6) is 1.60. The molecule has 0 bridgehead atoms. The number of benzene rings is 1. The van der Waals surface area contributed by atoms with Gasteiger partial charge in [0.1, 0.15) is 11.5 Å². The van der Waals surface area contributed by atoms with Gasteiger partial charge in [0.05, 0.1) is 14.2 Å². The van der Waals surface area contributed by atoms with Crippen molar-refractivity contribution in [2.75, 3.05) is 14.2 Å². The van der Waals surface area contributed by atoms with Crippen LogP contribution in [0.25, 0.3) is 0 Å². The lowest BCUT2D eigenvalue weighted by Crippen LogP contribution is -2.33. The second-order valence-electron chi connectivity index (χ2n) is 4.80. The van der Waals surface area contributed by atoms with Crippen LogP contribution in [-0.2, 0) is 11.2 Å². The maximum Gasteiger partial charge on any atom is 0.220 e. The lowest BCUT2D eigenvalue weighted by Gasteiger charge is -2.14. The van der Waals surface area contributed by atoms with Crippen molar-refractivity contribution in [2.24, 2.45) is 0 Å². The normalized spacial score (nSPS) is 10.4. The molecular formula is C16H25NO3. The molecule has 1 aromatic rings. The third-order valence-electron chi connectivity index (χ3n) is 3.40. The summed E-state index contributed by atoms with van der Waals surface area (Å²) in [6.07, 6.45) is 3.09. The highest BCUT2D eigenvalue weighted by molar-refractivity contribution is 5.76. The molecule has 1 rings (SSSR count). The fourth-order valence-corrected chi connectivity index (χ4v) is 2.06. The first kappa shape index (κ1) is 16.3. The van der Waals surface area contributed by atoms with Crippen molar-refractivity contribution < 1.29 is 14.3 Å². The fraction of sp³-hybridized carbons (Fsp3) is 0.562. The molecule has 1 amide bonds. The standard InChI is InChI=1S/C16H25NO3/c1-5-13(6-2)17-16(18)8-7-12-9-14(19-3)11-15(10-12)20-4/h9-11,13H,5-8H2,1-4H3,(H,17,18). The molecule has 0 saturated heterocycles. The summed E-state index contributed by atoms with van der Waals surface area (Å²) < 4.78 is 10.4. The van der Waals surface area contributed by atoms with Crippen LogP contribution < -0.4 is 14.8 Å². The Hall–Kier alpha value is -1.71. The number of amides is 1. The van der Waals surface area contributed by atoms with Gasteiger partial charge in [-0.15, -0.1) is 0 Å². The van der Waals surface area contributed by atoms with E-state index in [4.69, 9.17) is 9.47 Å². The summed E-state index contributed by atoms with van der Waals surface area (Å²) in [4.78, 5) is 11.9. The molecule has 4 heteroatoms. The molecule has 0 aliphatic heterocycles. The lowest BCUT2D eigenvalue weighted by molar-refractivity contribution is -0.121. The third-order valence-corrected chi connectivity index (χ3v) is 3.40. The summed E-state index contributed by atoms with van der Waals surface area (Å²) in [7, 11) is 3.25. The molecule has 1 aromatic carbocycles. The van der Waals surface area contributed by atoms with Crippen molar-refractivity contribution in [3.05, 3.63) is 23.8 Å². The maximum atomic E-state index is 11.9. The largest absolute Gasteiger partial charge is 0.497 e. The summed E-state index contributed by atoms with van der Waals surface area (Å²) in [6.45, 7) is 4.17. The number of rotatable bonds is 8.